The first-order chi connectivity index (χ1) is 14.6. The average molecular weight is 449 g/mol. The zero-order valence-electron chi connectivity index (χ0n) is 18.5. The number of hydrogen-bond acceptors (Lipinski definition) is 4. The number of amides is 2. The molecule has 170 valence electrons. The molecule has 0 radical (unpaired) electrons. The van der Waals surface area contributed by atoms with Crippen LogP contribution in [-0.4, -0.2) is 49.7 Å². The van der Waals surface area contributed by atoms with Gasteiger partial charge in [-0.15, -0.1) is 0 Å². The second-order valence-electron chi connectivity index (χ2n) is 7.87. The molecule has 0 atom stereocenters. The number of carbonyl (C=O) groups is 1. The molecule has 2 aromatic rings. The summed E-state index contributed by atoms with van der Waals surface area (Å²) < 4.78 is 29.9. The summed E-state index contributed by atoms with van der Waals surface area (Å²) in [7, 11) is -4.02. The number of carbonyl (C=O) groups excluding carboxylic acids is 1. The molecule has 0 spiro atoms. The van der Waals surface area contributed by atoms with E-state index >= 15 is 0 Å². The van der Waals surface area contributed by atoms with Gasteiger partial charge in [0.05, 0.1) is 18.0 Å². The maximum absolute atomic E-state index is 12.3. The fraction of sp³-hybridized carbons (Fsp3) is 0.435. The van der Waals surface area contributed by atoms with Crippen LogP contribution in [0, 0.1) is 6.92 Å². The van der Waals surface area contributed by atoms with Gasteiger partial charge in [-0.25, -0.2) is 9.28 Å². The SMILES string of the molecule is CC[N+](CC)(C(N)=O)C1(c2ccccc2)CCNCC1.Cc1ccc(S(=O)(=O)O)cc1. The monoisotopic (exact) mass is 448 g/mol. The van der Waals surface area contributed by atoms with Crippen molar-refractivity contribution in [2.24, 2.45) is 5.73 Å². The van der Waals surface area contributed by atoms with E-state index in [4.69, 9.17) is 10.3 Å². The van der Waals surface area contributed by atoms with Crippen LogP contribution in [0.2, 0.25) is 0 Å². The molecule has 1 aliphatic rings. The van der Waals surface area contributed by atoms with Crippen LogP contribution in [0.4, 0.5) is 4.79 Å². The fourth-order valence-corrected chi connectivity index (χ4v) is 5.09. The summed E-state index contributed by atoms with van der Waals surface area (Å²) in [5.41, 5.74) is 7.86. The van der Waals surface area contributed by atoms with Crippen molar-refractivity contribution in [2.75, 3.05) is 26.2 Å². The molecule has 8 heteroatoms. The Kier molecular flexibility index (Phi) is 8.36. The largest absolute Gasteiger partial charge is 0.414 e. The summed E-state index contributed by atoms with van der Waals surface area (Å²) >= 11 is 0. The third-order valence-corrected chi connectivity index (χ3v) is 7.25. The standard InChI is InChI=1S/C16H25N3O.C7H8O3S/c1-3-19(4-2,15(17)20)16(10-12-18-13-11-16)14-8-6-5-7-9-14;1-6-2-4-7(5-3-6)11(8,9)10/h5-9,18H,3-4,10-13H2,1-2H3,(H-,17,20);2-5H,1H3,(H,8,9,10)/p+1. The fourth-order valence-electron chi connectivity index (χ4n) is 4.61. The van der Waals surface area contributed by atoms with Crippen molar-refractivity contribution in [2.45, 2.75) is 44.0 Å². The van der Waals surface area contributed by atoms with Gasteiger partial charge in [0.2, 0.25) is 0 Å². The smallest absolute Gasteiger partial charge is 0.319 e. The van der Waals surface area contributed by atoms with Gasteiger partial charge in [-0.2, -0.15) is 8.42 Å². The molecular weight excluding hydrogens is 414 g/mol. The molecule has 0 aliphatic carbocycles. The summed E-state index contributed by atoms with van der Waals surface area (Å²) in [6, 6.07) is 16.2. The van der Waals surface area contributed by atoms with E-state index in [0.29, 0.717) is 4.48 Å². The van der Waals surface area contributed by atoms with Crippen LogP contribution in [0.15, 0.2) is 59.5 Å². The van der Waals surface area contributed by atoms with Crippen molar-refractivity contribution in [3.05, 3.63) is 65.7 Å². The Bertz CT molecular complexity index is 950. The molecule has 1 heterocycles. The van der Waals surface area contributed by atoms with Gasteiger partial charge < -0.3 is 11.1 Å². The summed E-state index contributed by atoms with van der Waals surface area (Å²) in [4.78, 5) is 12.3. The molecule has 2 amide bonds. The van der Waals surface area contributed by atoms with E-state index in [2.05, 4.69) is 43.4 Å². The predicted octanol–water partition coefficient (Wildman–Crippen LogP) is 3.44. The second kappa shape index (κ2) is 10.4. The molecule has 2 aromatic carbocycles. The Labute approximate surface area is 185 Å². The molecule has 1 fully saturated rings. The number of nitrogens with zero attached hydrogens (tertiary/aromatic N) is 1. The number of hydrogen-bond donors (Lipinski definition) is 3. The van der Waals surface area contributed by atoms with Gasteiger partial charge >= 0.3 is 6.03 Å². The normalized spacial score (nSPS) is 16.1. The van der Waals surface area contributed by atoms with Crippen molar-refractivity contribution in [1.29, 1.82) is 0 Å². The molecule has 4 N–H and O–H groups in total. The van der Waals surface area contributed by atoms with Gasteiger partial charge in [0.15, 0.2) is 0 Å². The highest BCUT2D eigenvalue weighted by Crippen LogP contribution is 2.42. The zero-order valence-corrected chi connectivity index (χ0v) is 19.4. The van der Waals surface area contributed by atoms with E-state index in [9.17, 15) is 13.2 Å². The van der Waals surface area contributed by atoms with E-state index in [-0.39, 0.29) is 16.5 Å². The molecule has 1 saturated heterocycles. The number of benzene rings is 2. The molecule has 0 unspecified atom stereocenters. The first-order valence-electron chi connectivity index (χ1n) is 10.6. The number of piperidine rings is 1. The highest BCUT2D eigenvalue weighted by molar-refractivity contribution is 7.85. The van der Waals surface area contributed by atoms with Gasteiger partial charge in [0.25, 0.3) is 10.1 Å². The van der Waals surface area contributed by atoms with E-state index in [1.54, 1.807) is 12.1 Å². The highest BCUT2D eigenvalue weighted by Gasteiger charge is 2.54. The van der Waals surface area contributed by atoms with Gasteiger partial charge in [0, 0.05) is 31.5 Å². The van der Waals surface area contributed by atoms with Gasteiger partial charge in [-0.3, -0.25) is 4.55 Å². The lowest BCUT2D eigenvalue weighted by molar-refractivity contribution is -0.909. The van der Waals surface area contributed by atoms with Crippen molar-refractivity contribution in [1.82, 2.24) is 5.32 Å². The first kappa shape index (κ1) is 25.0. The quantitative estimate of drug-likeness (QED) is 0.479. The van der Waals surface area contributed by atoms with Crippen LogP contribution in [0.3, 0.4) is 0 Å². The molecule has 0 bridgehead atoms. The molecule has 3 rings (SSSR count). The molecule has 0 saturated carbocycles. The van der Waals surface area contributed by atoms with E-state index in [0.717, 1.165) is 44.6 Å². The third kappa shape index (κ3) is 5.33. The zero-order chi connectivity index (χ0) is 23.1. The van der Waals surface area contributed by atoms with Crippen LogP contribution in [-0.2, 0) is 15.7 Å². The van der Waals surface area contributed by atoms with E-state index < -0.39 is 10.1 Å². The van der Waals surface area contributed by atoms with Gasteiger partial charge in [-0.1, -0.05) is 48.0 Å². The molecule has 0 aromatic heterocycles. The topological polar surface area (TPSA) is 109 Å². The Hall–Kier alpha value is -2.26. The van der Waals surface area contributed by atoms with Crippen LogP contribution in [0.1, 0.15) is 37.8 Å². The third-order valence-electron chi connectivity index (χ3n) is 6.38. The minimum Gasteiger partial charge on any atom is -0.319 e. The number of primary amides is 1. The second-order valence-corrected chi connectivity index (χ2v) is 9.30. The van der Waals surface area contributed by atoms with Crippen molar-refractivity contribution in [3.8, 4) is 0 Å². The Morgan fingerprint density at radius 3 is 1.97 bits per heavy atom. The number of nitrogens with one attached hydrogen (secondary N) is 1. The van der Waals surface area contributed by atoms with E-state index in [1.807, 2.05) is 13.0 Å². The Morgan fingerprint density at radius 2 is 1.55 bits per heavy atom. The van der Waals surface area contributed by atoms with Crippen LogP contribution in [0.5, 0.6) is 0 Å². The number of aryl methyl sites for hydroxylation is 1. The number of urea groups is 1. The molecule has 7 nitrogen and oxygen atoms in total. The Balaban J connectivity index is 0.000000262. The van der Waals surface area contributed by atoms with Crippen LogP contribution >= 0.6 is 0 Å². The average Bonchev–Trinajstić information content (AvgIpc) is 2.76. The lowest BCUT2D eigenvalue weighted by Gasteiger charge is -2.51. The molecule has 31 heavy (non-hydrogen) atoms. The van der Waals surface area contributed by atoms with Gasteiger partial charge in [-0.05, 0) is 32.9 Å². The lowest BCUT2D eigenvalue weighted by atomic mass is 9.77. The molecule has 1 aliphatic heterocycles. The Morgan fingerprint density at radius 1 is 1.03 bits per heavy atom. The van der Waals surface area contributed by atoms with Crippen LogP contribution in [0.25, 0.3) is 0 Å². The van der Waals surface area contributed by atoms with Crippen molar-refractivity contribution >= 4 is 16.1 Å². The maximum atomic E-state index is 12.3. The predicted molar refractivity (Wildman–Crippen MR) is 122 cm³/mol. The summed E-state index contributed by atoms with van der Waals surface area (Å²) in [5.74, 6) is 0. The van der Waals surface area contributed by atoms with E-state index in [1.165, 1.54) is 17.7 Å². The van der Waals surface area contributed by atoms with Gasteiger partial charge in [0.1, 0.15) is 5.54 Å². The summed E-state index contributed by atoms with van der Waals surface area (Å²) in [6.45, 7) is 9.32. The summed E-state index contributed by atoms with van der Waals surface area (Å²) in [5, 5.41) is 3.41. The van der Waals surface area contributed by atoms with Crippen molar-refractivity contribution in [3.63, 3.8) is 0 Å². The minimum absolute atomic E-state index is 0.0666. The lowest BCUT2D eigenvalue weighted by Crippen LogP contribution is -2.69. The summed E-state index contributed by atoms with van der Waals surface area (Å²) in [6.07, 6.45) is 1.89. The number of nitrogens with two attached hydrogens (primary N) is 1. The van der Waals surface area contributed by atoms with Crippen LogP contribution < -0.4 is 11.1 Å². The minimum atomic E-state index is -4.02. The number of rotatable bonds is 5. The number of quaternary nitrogens is 1. The maximum Gasteiger partial charge on any atom is 0.414 e. The first-order valence-corrected chi connectivity index (χ1v) is 12.0. The highest BCUT2D eigenvalue weighted by atomic mass is 32.2. The molecular formula is C23H34N3O4S+. The van der Waals surface area contributed by atoms with Crippen molar-refractivity contribution < 1.29 is 22.2 Å².